The van der Waals surface area contributed by atoms with Crippen molar-refractivity contribution in [2.45, 2.75) is 12.8 Å². The van der Waals surface area contributed by atoms with Crippen LogP contribution in [0, 0.1) is 5.82 Å². The summed E-state index contributed by atoms with van der Waals surface area (Å²) in [6.45, 7) is 5.56. The molecular weight excluding hydrogens is 407 g/mol. The van der Waals surface area contributed by atoms with Crippen LogP contribution in [-0.2, 0) is 6.42 Å². The number of rotatable bonds is 8. The third kappa shape index (κ3) is 5.69. The van der Waals surface area contributed by atoms with Crippen molar-refractivity contribution in [2.75, 3.05) is 32.7 Å². The first-order chi connectivity index (χ1) is 15.6. The van der Waals surface area contributed by atoms with Crippen LogP contribution in [0.4, 0.5) is 4.39 Å². The maximum Gasteiger partial charge on any atom is 0.254 e. The quantitative estimate of drug-likeness (QED) is 0.566. The van der Waals surface area contributed by atoms with Gasteiger partial charge in [0, 0.05) is 26.2 Å². The van der Waals surface area contributed by atoms with E-state index in [1.807, 2.05) is 18.2 Å². The second-order valence-electron chi connectivity index (χ2n) is 7.89. The van der Waals surface area contributed by atoms with E-state index >= 15 is 0 Å². The first-order valence-electron chi connectivity index (χ1n) is 10.8. The van der Waals surface area contributed by atoms with E-state index in [-0.39, 0.29) is 11.4 Å². The number of amides is 1. The molecule has 32 heavy (non-hydrogen) atoms. The standard InChI is InChI=1S/C25H27FN4O2/c26-21-16-23(24(27)31)25(29-17-21)32-22-5-1-4-20(15-22)19-8-6-18(7-9-19)3-2-12-30-13-10-28-11-14-30/h1,4-9,15-17,28H,2-3,10-14H2,(H2,27,31). The van der Waals surface area contributed by atoms with Crippen LogP contribution >= 0.6 is 0 Å². The summed E-state index contributed by atoms with van der Waals surface area (Å²) >= 11 is 0. The van der Waals surface area contributed by atoms with E-state index in [1.54, 1.807) is 6.07 Å². The monoisotopic (exact) mass is 434 g/mol. The normalized spacial score (nSPS) is 14.3. The Balaban J connectivity index is 1.40. The third-order valence-electron chi connectivity index (χ3n) is 5.57. The zero-order chi connectivity index (χ0) is 22.3. The molecule has 7 heteroatoms. The molecule has 0 unspecified atom stereocenters. The molecule has 0 saturated carbocycles. The zero-order valence-corrected chi connectivity index (χ0v) is 17.9. The Bertz CT molecular complexity index is 1070. The summed E-state index contributed by atoms with van der Waals surface area (Å²) in [5, 5.41) is 3.38. The molecule has 0 radical (unpaired) electrons. The topological polar surface area (TPSA) is 80.5 Å². The van der Waals surface area contributed by atoms with E-state index in [4.69, 9.17) is 10.5 Å². The van der Waals surface area contributed by atoms with Gasteiger partial charge in [-0.3, -0.25) is 4.79 Å². The first kappa shape index (κ1) is 21.9. The van der Waals surface area contributed by atoms with E-state index in [0.717, 1.165) is 69.0 Å². The van der Waals surface area contributed by atoms with E-state index in [1.165, 1.54) is 5.56 Å². The molecule has 0 bridgehead atoms. The number of pyridine rings is 1. The van der Waals surface area contributed by atoms with Crippen molar-refractivity contribution in [3.8, 4) is 22.8 Å². The fraction of sp³-hybridized carbons (Fsp3) is 0.280. The van der Waals surface area contributed by atoms with Crippen LogP contribution in [0.5, 0.6) is 11.6 Å². The lowest BCUT2D eigenvalue weighted by molar-refractivity contribution is 0.0997. The lowest BCUT2D eigenvalue weighted by atomic mass is 10.0. The number of aryl methyl sites for hydroxylation is 1. The number of nitrogens with zero attached hydrogens (tertiary/aromatic N) is 2. The van der Waals surface area contributed by atoms with E-state index in [2.05, 4.69) is 39.5 Å². The summed E-state index contributed by atoms with van der Waals surface area (Å²) in [4.78, 5) is 18.0. The number of nitrogens with two attached hydrogens (primary N) is 1. The van der Waals surface area contributed by atoms with Gasteiger partial charge in [-0.15, -0.1) is 0 Å². The Kier molecular flexibility index (Phi) is 7.09. The predicted molar refractivity (Wildman–Crippen MR) is 122 cm³/mol. The van der Waals surface area contributed by atoms with Crippen LogP contribution in [0.1, 0.15) is 22.3 Å². The molecule has 3 N–H and O–H groups in total. The Morgan fingerprint density at radius 3 is 2.62 bits per heavy atom. The van der Waals surface area contributed by atoms with Gasteiger partial charge < -0.3 is 20.7 Å². The van der Waals surface area contributed by atoms with Gasteiger partial charge in [-0.2, -0.15) is 0 Å². The van der Waals surface area contributed by atoms with Crippen molar-refractivity contribution < 1.29 is 13.9 Å². The van der Waals surface area contributed by atoms with E-state index in [9.17, 15) is 9.18 Å². The van der Waals surface area contributed by atoms with Crippen molar-refractivity contribution in [3.05, 3.63) is 77.7 Å². The van der Waals surface area contributed by atoms with Crippen molar-refractivity contribution in [2.24, 2.45) is 5.73 Å². The van der Waals surface area contributed by atoms with Crippen LogP contribution in [0.25, 0.3) is 11.1 Å². The van der Waals surface area contributed by atoms with Crippen molar-refractivity contribution in [1.29, 1.82) is 0 Å². The number of primary amides is 1. The first-order valence-corrected chi connectivity index (χ1v) is 10.8. The van der Waals surface area contributed by atoms with Gasteiger partial charge >= 0.3 is 0 Å². The highest BCUT2D eigenvalue weighted by molar-refractivity contribution is 5.95. The molecule has 1 saturated heterocycles. The summed E-state index contributed by atoms with van der Waals surface area (Å²) in [5.74, 6) is -0.969. The summed E-state index contributed by atoms with van der Waals surface area (Å²) < 4.78 is 19.1. The molecule has 1 fully saturated rings. The molecule has 2 aromatic carbocycles. The fourth-order valence-corrected chi connectivity index (χ4v) is 3.84. The second-order valence-corrected chi connectivity index (χ2v) is 7.89. The lowest BCUT2D eigenvalue weighted by Crippen LogP contribution is -2.43. The highest BCUT2D eigenvalue weighted by Crippen LogP contribution is 2.28. The number of ether oxygens (including phenoxy) is 1. The van der Waals surface area contributed by atoms with Gasteiger partial charge in [-0.05, 0) is 54.3 Å². The van der Waals surface area contributed by atoms with Gasteiger partial charge in [0.1, 0.15) is 17.1 Å². The summed E-state index contributed by atoms with van der Waals surface area (Å²) in [6.07, 6.45) is 3.20. The summed E-state index contributed by atoms with van der Waals surface area (Å²) in [5.41, 5.74) is 8.57. The zero-order valence-electron chi connectivity index (χ0n) is 17.9. The number of hydrogen-bond donors (Lipinski definition) is 2. The largest absolute Gasteiger partial charge is 0.438 e. The molecular formula is C25H27FN4O2. The minimum absolute atomic E-state index is 0.0177. The highest BCUT2D eigenvalue weighted by atomic mass is 19.1. The number of aromatic nitrogens is 1. The summed E-state index contributed by atoms with van der Waals surface area (Å²) in [6, 6.07) is 17.0. The average Bonchev–Trinajstić information content (AvgIpc) is 2.81. The number of carbonyl (C=O) groups is 1. The Labute approximate surface area is 187 Å². The molecule has 166 valence electrons. The van der Waals surface area contributed by atoms with Gasteiger partial charge in [0.25, 0.3) is 5.91 Å². The summed E-state index contributed by atoms with van der Waals surface area (Å²) in [7, 11) is 0. The minimum atomic E-state index is -0.796. The van der Waals surface area contributed by atoms with E-state index < -0.39 is 11.7 Å². The molecule has 3 aromatic rings. The smallest absolute Gasteiger partial charge is 0.254 e. The van der Waals surface area contributed by atoms with Crippen LogP contribution < -0.4 is 15.8 Å². The van der Waals surface area contributed by atoms with Gasteiger partial charge in [0.2, 0.25) is 5.88 Å². The lowest BCUT2D eigenvalue weighted by Gasteiger charge is -2.27. The van der Waals surface area contributed by atoms with Gasteiger partial charge in [-0.25, -0.2) is 9.37 Å². The fourth-order valence-electron chi connectivity index (χ4n) is 3.84. The maximum absolute atomic E-state index is 13.4. The third-order valence-corrected chi connectivity index (χ3v) is 5.57. The van der Waals surface area contributed by atoms with E-state index in [0.29, 0.717) is 5.75 Å². The number of hydrogen-bond acceptors (Lipinski definition) is 5. The number of benzene rings is 2. The average molecular weight is 435 g/mol. The molecule has 0 spiro atoms. The number of carbonyl (C=O) groups excluding carboxylic acids is 1. The predicted octanol–water partition coefficient (Wildman–Crippen LogP) is 3.62. The van der Waals surface area contributed by atoms with Crippen LogP contribution in [-0.4, -0.2) is 48.5 Å². The Morgan fingerprint density at radius 1 is 1.09 bits per heavy atom. The Morgan fingerprint density at radius 2 is 1.88 bits per heavy atom. The van der Waals surface area contributed by atoms with Crippen molar-refractivity contribution >= 4 is 5.91 Å². The highest BCUT2D eigenvalue weighted by Gasteiger charge is 2.14. The molecule has 1 amide bonds. The van der Waals surface area contributed by atoms with Gasteiger partial charge in [-0.1, -0.05) is 36.4 Å². The van der Waals surface area contributed by atoms with Gasteiger partial charge in [0.05, 0.1) is 6.20 Å². The molecule has 0 atom stereocenters. The maximum atomic E-state index is 13.4. The molecule has 1 aliphatic rings. The molecule has 2 heterocycles. The number of halogens is 1. The van der Waals surface area contributed by atoms with Crippen molar-refractivity contribution in [3.63, 3.8) is 0 Å². The number of piperazine rings is 1. The van der Waals surface area contributed by atoms with Crippen LogP contribution in [0.2, 0.25) is 0 Å². The molecule has 1 aliphatic heterocycles. The molecule has 0 aliphatic carbocycles. The number of nitrogens with one attached hydrogen (secondary N) is 1. The van der Waals surface area contributed by atoms with Crippen LogP contribution in [0.15, 0.2) is 60.8 Å². The molecule has 1 aromatic heterocycles. The van der Waals surface area contributed by atoms with Crippen LogP contribution in [0.3, 0.4) is 0 Å². The Hall–Kier alpha value is -3.29. The molecule has 6 nitrogen and oxygen atoms in total. The van der Waals surface area contributed by atoms with Crippen molar-refractivity contribution in [1.82, 2.24) is 15.2 Å². The minimum Gasteiger partial charge on any atom is -0.438 e. The second kappa shape index (κ2) is 10.3. The SMILES string of the molecule is NC(=O)c1cc(F)cnc1Oc1cccc(-c2ccc(CCCN3CCNCC3)cc2)c1. The van der Waals surface area contributed by atoms with Gasteiger partial charge in [0.15, 0.2) is 0 Å². The molecule has 4 rings (SSSR count).